The van der Waals surface area contributed by atoms with Crippen molar-refractivity contribution in [2.24, 2.45) is 0 Å². The molecular weight excluding hydrogens is 286 g/mol. The van der Waals surface area contributed by atoms with Gasteiger partial charge in [-0.1, -0.05) is 51.1 Å². The van der Waals surface area contributed by atoms with Crippen LogP contribution in [0.25, 0.3) is 0 Å². The van der Waals surface area contributed by atoms with Gasteiger partial charge in [0.1, 0.15) is 5.75 Å². The first-order chi connectivity index (χ1) is 10.8. The molecule has 2 aromatic carbocycles. The van der Waals surface area contributed by atoms with Crippen LogP contribution in [0.2, 0.25) is 0 Å². The van der Waals surface area contributed by atoms with Crippen molar-refractivity contribution in [3.05, 3.63) is 59.7 Å². The molecule has 0 heterocycles. The van der Waals surface area contributed by atoms with Gasteiger partial charge in [0.15, 0.2) is 6.10 Å². The zero-order valence-corrected chi connectivity index (χ0v) is 14.3. The van der Waals surface area contributed by atoms with Crippen LogP contribution >= 0.6 is 0 Å². The van der Waals surface area contributed by atoms with E-state index in [1.54, 1.807) is 25.1 Å². The highest BCUT2D eigenvalue weighted by molar-refractivity contribution is 5.99. The Bertz CT molecular complexity index is 674. The molecule has 2 N–H and O–H groups in total. The highest BCUT2D eigenvalue weighted by Gasteiger charge is 2.20. The molecule has 0 aromatic heterocycles. The lowest BCUT2D eigenvalue weighted by Crippen LogP contribution is -2.24. The lowest BCUT2D eigenvalue weighted by Gasteiger charge is -2.23. The normalized spacial score (nSPS) is 12.7. The van der Waals surface area contributed by atoms with Crippen LogP contribution in [-0.4, -0.2) is 11.9 Å². The molecule has 0 bridgehead atoms. The third-order valence-electron chi connectivity index (χ3n) is 4.37. The number of rotatable bonds is 6. The van der Waals surface area contributed by atoms with Crippen molar-refractivity contribution < 1.29 is 9.53 Å². The number of nitrogen functional groups attached to an aromatic ring is 1. The van der Waals surface area contributed by atoms with Gasteiger partial charge in [0.25, 0.3) is 0 Å². The van der Waals surface area contributed by atoms with Gasteiger partial charge in [-0.25, -0.2) is 0 Å². The van der Waals surface area contributed by atoms with Crippen LogP contribution in [0.5, 0.6) is 5.75 Å². The number of ether oxygens (including phenoxy) is 1. The number of anilines is 1. The van der Waals surface area contributed by atoms with Gasteiger partial charge in [0.05, 0.1) is 0 Å². The average molecular weight is 311 g/mol. The van der Waals surface area contributed by atoms with Gasteiger partial charge < -0.3 is 10.5 Å². The maximum Gasteiger partial charge on any atom is 0.202 e. The maximum atomic E-state index is 12.5. The summed E-state index contributed by atoms with van der Waals surface area (Å²) in [5.74, 6) is 0.572. The van der Waals surface area contributed by atoms with E-state index in [1.807, 2.05) is 30.3 Å². The molecule has 1 unspecified atom stereocenters. The highest BCUT2D eigenvalue weighted by atomic mass is 16.5. The number of benzene rings is 2. The minimum absolute atomic E-state index is 0.0340. The Hall–Kier alpha value is -2.29. The summed E-state index contributed by atoms with van der Waals surface area (Å²) in [4.78, 5) is 12.5. The zero-order valence-electron chi connectivity index (χ0n) is 14.3. The Morgan fingerprint density at radius 1 is 1.17 bits per heavy atom. The van der Waals surface area contributed by atoms with Gasteiger partial charge >= 0.3 is 0 Å². The summed E-state index contributed by atoms with van der Waals surface area (Å²) in [5.41, 5.74) is 8.36. The first-order valence-electron chi connectivity index (χ1n) is 8.00. The molecule has 0 aliphatic carbocycles. The largest absolute Gasteiger partial charge is 0.482 e. The molecule has 0 spiro atoms. The van der Waals surface area contributed by atoms with Crippen molar-refractivity contribution in [2.75, 3.05) is 5.73 Å². The van der Waals surface area contributed by atoms with Crippen molar-refractivity contribution in [3.8, 4) is 5.75 Å². The number of ketones is 1. The lowest BCUT2D eigenvalue weighted by molar-refractivity contribution is 0.0818. The first kappa shape index (κ1) is 17.1. The standard InChI is InChI=1S/C20H25NO2/c1-5-20(3,4)16-11-9-15(10-12-16)19(22)14(2)23-18-8-6-7-17(21)13-18/h6-14H,5,21H2,1-4H3. The molecule has 122 valence electrons. The third-order valence-corrected chi connectivity index (χ3v) is 4.37. The average Bonchev–Trinajstić information content (AvgIpc) is 2.54. The summed E-state index contributed by atoms with van der Waals surface area (Å²) in [6, 6.07) is 14.9. The summed E-state index contributed by atoms with van der Waals surface area (Å²) in [6.07, 6.45) is 0.497. The van der Waals surface area contributed by atoms with Gasteiger partial charge in [-0.3, -0.25) is 4.79 Å². The predicted octanol–water partition coefficient (Wildman–Crippen LogP) is 4.61. The van der Waals surface area contributed by atoms with E-state index in [9.17, 15) is 4.79 Å². The minimum atomic E-state index is -0.554. The topological polar surface area (TPSA) is 52.3 Å². The smallest absolute Gasteiger partial charge is 0.202 e. The van der Waals surface area contributed by atoms with E-state index in [0.29, 0.717) is 17.0 Å². The summed E-state index contributed by atoms with van der Waals surface area (Å²) in [7, 11) is 0. The van der Waals surface area contributed by atoms with Crippen molar-refractivity contribution in [1.29, 1.82) is 0 Å². The fraction of sp³-hybridized carbons (Fsp3) is 0.350. The molecule has 3 nitrogen and oxygen atoms in total. The Morgan fingerprint density at radius 2 is 1.83 bits per heavy atom. The highest BCUT2D eigenvalue weighted by Crippen LogP contribution is 2.27. The second-order valence-electron chi connectivity index (χ2n) is 6.51. The molecule has 2 rings (SSSR count). The van der Waals surface area contributed by atoms with Crippen molar-refractivity contribution >= 4 is 11.5 Å². The van der Waals surface area contributed by atoms with Gasteiger partial charge in [0.2, 0.25) is 5.78 Å². The van der Waals surface area contributed by atoms with Gasteiger partial charge in [-0.15, -0.1) is 0 Å². The Labute approximate surface area is 138 Å². The number of carbonyl (C=O) groups is 1. The van der Waals surface area contributed by atoms with E-state index in [-0.39, 0.29) is 11.2 Å². The predicted molar refractivity (Wildman–Crippen MR) is 95.0 cm³/mol. The van der Waals surface area contributed by atoms with E-state index < -0.39 is 6.10 Å². The number of nitrogens with two attached hydrogens (primary N) is 1. The molecule has 0 fully saturated rings. The van der Waals surface area contributed by atoms with E-state index in [0.717, 1.165) is 6.42 Å². The summed E-state index contributed by atoms with van der Waals surface area (Å²) in [6.45, 7) is 8.33. The number of hydrogen-bond acceptors (Lipinski definition) is 3. The fourth-order valence-corrected chi connectivity index (χ4v) is 2.37. The SMILES string of the molecule is CCC(C)(C)c1ccc(C(=O)C(C)Oc2cccc(N)c2)cc1. The molecule has 0 saturated heterocycles. The molecule has 0 amide bonds. The van der Waals surface area contributed by atoms with Crippen LogP contribution in [0.15, 0.2) is 48.5 Å². The van der Waals surface area contributed by atoms with Crippen molar-refractivity contribution in [2.45, 2.75) is 45.6 Å². The van der Waals surface area contributed by atoms with Crippen LogP contribution in [0.4, 0.5) is 5.69 Å². The first-order valence-corrected chi connectivity index (χ1v) is 8.00. The minimum Gasteiger partial charge on any atom is -0.482 e. The van der Waals surface area contributed by atoms with E-state index >= 15 is 0 Å². The van der Waals surface area contributed by atoms with E-state index in [1.165, 1.54) is 5.56 Å². The molecule has 0 radical (unpaired) electrons. The lowest BCUT2D eigenvalue weighted by atomic mass is 9.82. The second kappa shape index (κ2) is 6.86. The van der Waals surface area contributed by atoms with Crippen LogP contribution < -0.4 is 10.5 Å². The summed E-state index contributed by atoms with van der Waals surface area (Å²) < 4.78 is 5.70. The summed E-state index contributed by atoms with van der Waals surface area (Å²) in [5, 5.41) is 0. The molecule has 23 heavy (non-hydrogen) atoms. The number of hydrogen-bond donors (Lipinski definition) is 1. The Balaban J connectivity index is 2.10. The van der Waals surface area contributed by atoms with Gasteiger partial charge in [-0.2, -0.15) is 0 Å². The molecule has 3 heteroatoms. The van der Waals surface area contributed by atoms with Gasteiger partial charge in [-0.05, 0) is 36.5 Å². The molecular formula is C20H25NO2. The fourth-order valence-electron chi connectivity index (χ4n) is 2.37. The Kier molecular flexibility index (Phi) is 5.09. The van der Waals surface area contributed by atoms with Crippen LogP contribution in [0, 0.1) is 0 Å². The zero-order chi connectivity index (χ0) is 17.0. The van der Waals surface area contributed by atoms with Crippen molar-refractivity contribution in [3.63, 3.8) is 0 Å². The van der Waals surface area contributed by atoms with E-state index in [2.05, 4.69) is 20.8 Å². The number of carbonyl (C=O) groups excluding carboxylic acids is 1. The molecule has 0 aliphatic heterocycles. The maximum absolute atomic E-state index is 12.5. The quantitative estimate of drug-likeness (QED) is 0.626. The van der Waals surface area contributed by atoms with Crippen LogP contribution in [0.1, 0.15) is 50.0 Å². The number of Topliss-reactive ketones (excluding diaryl/α,β-unsaturated/α-hetero) is 1. The van der Waals surface area contributed by atoms with Gasteiger partial charge in [0, 0.05) is 17.3 Å². The van der Waals surface area contributed by atoms with Crippen LogP contribution in [0.3, 0.4) is 0 Å². The molecule has 0 saturated carbocycles. The van der Waals surface area contributed by atoms with Crippen LogP contribution in [-0.2, 0) is 5.41 Å². The second-order valence-corrected chi connectivity index (χ2v) is 6.51. The summed E-state index contributed by atoms with van der Waals surface area (Å²) >= 11 is 0. The van der Waals surface area contributed by atoms with Crippen molar-refractivity contribution in [1.82, 2.24) is 0 Å². The third kappa shape index (κ3) is 4.13. The molecule has 1 atom stereocenters. The monoisotopic (exact) mass is 311 g/mol. The molecule has 2 aromatic rings. The molecule has 0 aliphatic rings. The Morgan fingerprint density at radius 3 is 2.39 bits per heavy atom. The van der Waals surface area contributed by atoms with E-state index in [4.69, 9.17) is 10.5 Å².